The Morgan fingerprint density at radius 3 is 2.42 bits per heavy atom. The first-order valence-corrected chi connectivity index (χ1v) is 10.2. The number of rotatable bonds is 7. The number of hydrogen-bond donors (Lipinski definition) is 1. The van der Waals surface area contributed by atoms with Crippen LogP contribution in [0.2, 0.25) is 0 Å². The number of para-hydroxylation sites is 1. The smallest absolute Gasteiger partial charge is 0.418 e. The van der Waals surface area contributed by atoms with E-state index < -0.39 is 41.8 Å². The molecule has 2 aromatic rings. The molecule has 1 aliphatic heterocycles. The van der Waals surface area contributed by atoms with Crippen LogP contribution in [-0.4, -0.2) is 37.0 Å². The molecule has 1 N–H and O–H groups in total. The van der Waals surface area contributed by atoms with Gasteiger partial charge in [0.05, 0.1) is 23.3 Å². The van der Waals surface area contributed by atoms with Gasteiger partial charge in [0, 0.05) is 18.7 Å². The standard InChI is InChI=1S/C23H23F3N2O5/c1-14(2)33-17-9-7-16(8-10-17)28-12-15(11-21(28)30)22(31)32-13-20(29)27-19-6-4-3-5-18(19)23(24,25)26/h3-10,14-15H,11-13H2,1-2H3,(H,27,29)/t15-/m1/s1. The first kappa shape index (κ1) is 24.1. The highest BCUT2D eigenvalue weighted by Crippen LogP contribution is 2.34. The summed E-state index contributed by atoms with van der Waals surface area (Å²) >= 11 is 0. The third-order valence-electron chi connectivity index (χ3n) is 4.83. The zero-order valence-corrected chi connectivity index (χ0v) is 18.0. The summed E-state index contributed by atoms with van der Waals surface area (Å²) in [6, 6.07) is 11.3. The van der Waals surface area contributed by atoms with Crippen molar-refractivity contribution in [2.24, 2.45) is 5.92 Å². The summed E-state index contributed by atoms with van der Waals surface area (Å²) in [4.78, 5) is 38.2. The van der Waals surface area contributed by atoms with Crippen LogP contribution in [0.5, 0.6) is 5.75 Å². The maximum Gasteiger partial charge on any atom is 0.418 e. The minimum Gasteiger partial charge on any atom is -0.491 e. The van der Waals surface area contributed by atoms with Crippen LogP contribution in [-0.2, 0) is 25.3 Å². The predicted molar refractivity (Wildman–Crippen MR) is 114 cm³/mol. The highest BCUT2D eigenvalue weighted by Gasteiger charge is 2.37. The molecule has 176 valence electrons. The van der Waals surface area contributed by atoms with Gasteiger partial charge < -0.3 is 19.7 Å². The highest BCUT2D eigenvalue weighted by atomic mass is 19.4. The van der Waals surface area contributed by atoms with Crippen LogP contribution < -0.4 is 15.0 Å². The van der Waals surface area contributed by atoms with Crippen LogP contribution in [0.3, 0.4) is 0 Å². The molecule has 2 amide bonds. The molecule has 1 aliphatic rings. The lowest BCUT2D eigenvalue weighted by Gasteiger charge is -2.17. The number of esters is 1. The quantitative estimate of drug-likeness (QED) is 0.626. The van der Waals surface area contributed by atoms with Crippen LogP contribution >= 0.6 is 0 Å². The number of hydrogen-bond acceptors (Lipinski definition) is 5. The van der Waals surface area contributed by atoms with Crippen molar-refractivity contribution in [3.8, 4) is 5.75 Å². The lowest BCUT2D eigenvalue weighted by molar-refractivity contribution is -0.151. The summed E-state index contributed by atoms with van der Waals surface area (Å²) in [5, 5.41) is 2.10. The summed E-state index contributed by atoms with van der Waals surface area (Å²) in [5.74, 6) is -2.11. The summed E-state index contributed by atoms with van der Waals surface area (Å²) in [5.41, 5.74) is -0.849. The Morgan fingerprint density at radius 2 is 1.79 bits per heavy atom. The summed E-state index contributed by atoms with van der Waals surface area (Å²) in [6.45, 7) is 3.09. The molecule has 0 saturated carbocycles. The summed E-state index contributed by atoms with van der Waals surface area (Å²) in [6.07, 6.45) is -4.74. The van der Waals surface area contributed by atoms with E-state index in [1.54, 1.807) is 24.3 Å². The zero-order chi connectivity index (χ0) is 24.2. The molecule has 0 radical (unpaired) electrons. The van der Waals surface area contributed by atoms with E-state index in [0.29, 0.717) is 11.4 Å². The molecule has 0 spiro atoms. The minimum absolute atomic E-state index is 0.00237. The molecular formula is C23H23F3N2O5. The third kappa shape index (κ3) is 6.24. The number of anilines is 2. The van der Waals surface area contributed by atoms with E-state index in [0.717, 1.165) is 12.1 Å². The fourth-order valence-corrected chi connectivity index (χ4v) is 3.37. The van der Waals surface area contributed by atoms with E-state index in [9.17, 15) is 27.6 Å². The number of amides is 2. The normalized spacial score (nSPS) is 16.1. The molecule has 0 unspecified atom stereocenters. The monoisotopic (exact) mass is 464 g/mol. The average molecular weight is 464 g/mol. The van der Waals surface area contributed by atoms with Crippen molar-refractivity contribution in [2.75, 3.05) is 23.4 Å². The van der Waals surface area contributed by atoms with Gasteiger partial charge in [0.1, 0.15) is 5.75 Å². The van der Waals surface area contributed by atoms with Gasteiger partial charge in [-0.15, -0.1) is 0 Å². The molecule has 33 heavy (non-hydrogen) atoms. The lowest BCUT2D eigenvalue weighted by Crippen LogP contribution is -2.28. The van der Waals surface area contributed by atoms with Gasteiger partial charge in [0.2, 0.25) is 5.91 Å². The van der Waals surface area contributed by atoms with E-state index in [1.165, 1.54) is 17.0 Å². The van der Waals surface area contributed by atoms with Crippen LogP contribution in [0, 0.1) is 5.92 Å². The SMILES string of the molecule is CC(C)Oc1ccc(N2C[C@H](C(=O)OCC(=O)Nc3ccccc3C(F)(F)F)CC2=O)cc1. The van der Waals surface area contributed by atoms with Crippen molar-refractivity contribution >= 4 is 29.2 Å². The Morgan fingerprint density at radius 1 is 1.12 bits per heavy atom. The first-order chi connectivity index (χ1) is 15.5. The van der Waals surface area contributed by atoms with E-state index >= 15 is 0 Å². The molecule has 1 saturated heterocycles. The van der Waals surface area contributed by atoms with E-state index in [2.05, 4.69) is 5.32 Å². The molecule has 0 aliphatic carbocycles. The molecule has 0 aromatic heterocycles. The minimum atomic E-state index is -4.65. The Hall–Kier alpha value is -3.56. The van der Waals surface area contributed by atoms with Crippen LogP contribution in [0.25, 0.3) is 0 Å². The van der Waals surface area contributed by atoms with Gasteiger partial charge in [-0.3, -0.25) is 14.4 Å². The molecule has 1 heterocycles. The maximum absolute atomic E-state index is 13.0. The number of carbonyl (C=O) groups is 3. The van der Waals surface area contributed by atoms with Gasteiger partial charge >= 0.3 is 12.1 Å². The zero-order valence-electron chi connectivity index (χ0n) is 18.0. The number of benzene rings is 2. The predicted octanol–water partition coefficient (Wildman–Crippen LogP) is 4.03. The third-order valence-corrected chi connectivity index (χ3v) is 4.83. The van der Waals surface area contributed by atoms with Gasteiger partial charge in [-0.25, -0.2) is 0 Å². The molecule has 1 fully saturated rings. The molecule has 3 rings (SSSR count). The summed E-state index contributed by atoms with van der Waals surface area (Å²) < 4.78 is 49.6. The first-order valence-electron chi connectivity index (χ1n) is 10.2. The number of nitrogens with zero attached hydrogens (tertiary/aromatic N) is 1. The summed E-state index contributed by atoms with van der Waals surface area (Å²) in [7, 11) is 0. The molecule has 2 aromatic carbocycles. The van der Waals surface area contributed by atoms with Gasteiger partial charge in [-0.05, 0) is 50.2 Å². The van der Waals surface area contributed by atoms with Gasteiger partial charge in [0.25, 0.3) is 5.91 Å². The second-order valence-electron chi connectivity index (χ2n) is 7.77. The number of alkyl halides is 3. The molecular weight excluding hydrogens is 441 g/mol. The molecule has 10 heteroatoms. The van der Waals surface area contributed by atoms with E-state index in [1.807, 2.05) is 13.8 Å². The van der Waals surface area contributed by atoms with Crippen molar-refractivity contribution in [2.45, 2.75) is 32.5 Å². The molecule has 0 bridgehead atoms. The molecule has 7 nitrogen and oxygen atoms in total. The Bertz CT molecular complexity index is 1020. The van der Waals surface area contributed by atoms with Crippen molar-refractivity contribution in [3.63, 3.8) is 0 Å². The number of halogens is 3. The van der Waals surface area contributed by atoms with Gasteiger partial charge in [-0.2, -0.15) is 13.2 Å². The van der Waals surface area contributed by atoms with Gasteiger partial charge in [0.15, 0.2) is 6.61 Å². The Kier molecular flexibility index (Phi) is 7.25. The average Bonchev–Trinajstić information content (AvgIpc) is 3.13. The second-order valence-corrected chi connectivity index (χ2v) is 7.77. The number of carbonyl (C=O) groups excluding carboxylic acids is 3. The fourth-order valence-electron chi connectivity index (χ4n) is 3.37. The van der Waals surface area contributed by atoms with Crippen LogP contribution in [0.1, 0.15) is 25.8 Å². The van der Waals surface area contributed by atoms with Crippen LogP contribution in [0.4, 0.5) is 24.5 Å². The Balaban J connectivity index is 1.54. The van der Waals surface area contributed by atoms with E-state index in [4.69, 9.17) is 9.47 Å². The van der Waals surface area contributed by atoms with Crippen LogP contribution in [0.15, 0.2) is 48.5 Å². The Labute approximate surface area is 188 Å². The molecule has 1 atom stereocenters. The van der Waals surface area contributed by atoms with Gasteiger partial charge in [-0.1, -0.05) is 12.1 Å². The maximum atomic E-state index is 13.0. The number of ether oxygens (including phenoxy) is 2. The fraction of sp³-hybridized carbons (Fsp3) is 0.348. The topological polar surface area (TPSA) is 84.9 Å². The second kappa shape index (κ2) is 9.93. The lowest BCUT2D eigenvalue weighted by atomic mass is 10.1. The van der Waals surface area contributed by atoms with Crippen molar-refractivity contribution < 1.29 is 37.0 Å². The van der Waals surface area contributed by atoms with Crippen molar-refractivity contribution in [3.05, 3.63) is 54.1 Å². The van der Waals surface area contributed by atoms with Crippen molar-refractivity contribution in [1.29, 1.82) is 0 Å². The largest absolute Gasteiger partial charge is 0.491 e. The number of nitrogens with one attached hydrogen (secondary N) is 1. The van der Waals surface area contributed by atoms with E-state index in [-0.39, 0.29) is 25.0 Å². The highest BCUT2D eigenvalue weighted by molar-refractivity contribution is 6.00. The van der Waals surface area contributed by atoms with Crippen molar-refractivity contribution in [1.82, 2.24) is 0 Å².